The van der Waals surface area contributed by atoms with Gasteiger partial charge in [0.2, 0.25) is 5.91 Å². The summed E-state index contributed by atoms with van der Waals surface area (Å²) in [6, 6.07) is 6.74. The third-order valence-corrected chi connectivity index (χ3v) is 4.20. The topological polar surface area (TPSA) is 20.3 Å². The van der Waals surface area contributed by atoms with Crippen LogP contribution in [0.2, 0.25) is 0 Å². The largest absolute Gasteiger partial charge is 0.334 e. The number of carbonyl (C=O) groups excluding carboxylic acids is 1. The molecule has 1 aliphatic rings. The number of amides is 1. The molecule has 0 radical (unpaired) electrons. The number of benzene rings is 1. The highest BCUT2D eigenvalue weighted by molar-refractivity contribution is 9.10. The minimum atomic E-state index is -0.241. The quantitative estimate of drug-likeness (QED) is 0.762. The van der Waals surface area contributed by atoms with Crippen LogP contribution in [0.4, 0.5) is 4.39 Å². The van der Waals surface area contributed by atoms with Crippen LogP contribution in [0.3, 0.4) is 0 Å². The monoisotopic (exact) mass is 313 g/mol. The third-order valence-electron chi connectivity index (χ3n) is 3.16. The number of hydrogen-bond donors (Lipinski definition) is 0. The molecule has 1 saturated carbocycles. The zero-order chi connectivity index (χ0) is 13.1. The molecule has 0 saturated heterocycles. The van der Waals surface area contributed by atoms with E-state index in [1.54, 1.807) is 12.1 Å². The van der Waals surface area contributed by atoms with Crippen LogP contribution in [0.1, 0.15) is 31.7 Å². The molecule has 1 atom stereocenters. The van der Waals surface area contributed by atoms with Gasteiger partial charge in [-0.15, -0.1) is 0 Å². The highest BCUT2D eigenvalue weighted by atomic mass is 79.9. The van der Waals surface area contributed by atoms with Crippen molar-refractivity contribution in [1.82, 2.24) is 4.90 Å². The second-order valence-electron chi connectivity index (χ2n) is 4.70. The lowest BCUT2D eigenvalue weighted by atomic mass is 10.2. The van der Waals surface area contributed by atoms with E-state index in [9.17, 15) is 9.18 Å². The molecule has 0 aromatic heterocycles. The van der Waals surface area contributed by atoms with Gasteiger partial charge in [-0.1, -0.05) is 35.0 Å². The van der Waals surface area contributed by atoms with Gasteiger partial charge in [0.1, 0.15) is 5.82 Å². The second kappa shape index (κ2) is 5.83. The molecule has 2 nitrogen and oxygen atoms in total. The van der Waals surface area contributed by atoms with E-state index in [4.69, 9.17) is 0 Å². The van der Waals surface area contributed by atoms with E-state index in [1.807, 2.05) is 11.8 Å². The van der Waals surface area contributed by atoms with E-state index >= 15 is 0 Å². The van der Waals surface area contributed by atoms with E-state index in [0.29, 0.717) is 12.6 Å². The molecular formula is C14H17BrFNO. The van der Waals surface area contributed by atoms with Gasteiger partial charge in [-0.05, 0) is 37.0 Å². The maximum atomic E-state index is 12.8. The molecule has 18 heavy (non-hydrogen) atoms. The van der Waals surface area contributed by atoms with Gasteiger partial charge in [0.15, 0.2) is 0 Å². The van der Waals surface area contributed by atoms with Crippen molar-refractivity contribution >= 4 is 21.8 Å². The summed E-state index contributed by atoms with van der Waals surface area (Å²) in [5, 5.41) is 0. The molecule has 1 aliphatic carbocycles. The highest BCUT2D eigenvalue weighted by Gasteiger charge is 2.34. The van der Waals surface area contributed by atoms with Crippen LogP contribution in [-0.2, 0) is 11.3 Å². The van der Waals surface area contributed by atoms with E-state index < -0.39 is 0 Å². The van der Waals surface area contributed by atoms with Crippen molar-refractivity contribution in [3.05, 3.63) is 35.6 Å². The zero-order valence-electron chi connectivity index (χ0n) is 10.4. The van der Waals surface area contributed by atoms with Crippen LogP contribution in [0.5, 0.6) is 0 Å². The Balaban J connectivity index is 2.06. The Hall–Kier alpha value is -0.900. The molecule has 0 aliphatic heterocycles. The average Bonchev–Trinajstić information content (AvgIpc) is 3.20. The molecule has 0 N–H and O–H groups in total. The second-order valence-corrected chi connectivity index (χ2v) is 5.80. The minimum Gasteiger partial charge on any atom is -0.334 e. The summed E-state index contributed by atoms with van der Waals surface area (Å²) >= 11 is 3.41. The van der Waals surface area contributed by atoms with Crippen LogP contribution in [0.15, 0.2) is 24.3 Å². The van der Waals surface area contributed by atoms with Gasteiger partial charge in [0, 0.05) is 12.6 Å². The average molecular weight is 314 g/mol. The number of rotatable bonds is 5. The third kappa shape index (κ3) is 3.31. The van der Waals surface area contributed by atoms with Gasteiger partial charge >= 0.3 is 0 Å². The molecule has 1 aromatic rings. The fraction of sp³-hybridized carbons (Fsp3) is 0.500. The Morgan fingerprint density at radius 1 is 1.44 bits per heavy atom. The Labute approximate surface area is 115 Å². The van der Waals surface area contributed by atoms with Crippen LogP contribution in [0.25, 0.3) is 0 Å². The van der Waals surface area contributed by atoms with Gasteiger partial charge in [-0.2, -0.15) is 0 Å². The van der Waals surface area contributed by atoms with Gasteiger partial charge < -0.3 is 4.90 Å². The van der Waals surface area contributed by atoms with Crippen molar-refractivity contribution < 1.29 is 9.18 Å². The first-order valence-corrected chi connectivity index (χ1v) is 7.22. The molecule has 0 heterocycles. The van der Waals surface area contributed by atoms with Crippen molar-refractivity contribution in [2.45, 2.75) is 43.6 Å². The molecule has 1 unspecified atom stereocenters. The summed E-state index contributed by atoms with van der Waals surface area (Å²) in [5.74, 6) is -0.0979. The van der Waals surface area contributed by atoms with Crippen molar-refractivity contribution in [3.63, 3.8) is 0 Å². The Morgan fingerprint density at radius 2 is 2.06 bits per heavy atom. The predicted molar refractivity (Wildman–Crippen MR) is 73.0 cm³/mol. The number of hydrogen-bond acceptors (Lipinski definition) is 1. The van der Waals surface area contributed by atoms with Crippen LogP contribution in [0, 0.1) is 5.82 Å². The summed E-state index contributed by atoms with van der Waals surface area (Å²) < 4.78 is 12.8. The first kappa shape index (κ1) is 13.5. The van der Waals surface area contributed by atoms with Gasteiger partial charge in [-0.25, -0.2) is 4.39 Å². The molecule has 2 rings (SSSR count). The molecule has 1 amide bonds. The zero-order valence-corrected chi connectivity index (χ0v) is 12.0. The lowest BCUT2D eigenvalue weighted by Gasteiger charge is -2.24. The molecule has 0 spiro atoms. The van der Waals surface area contributed by atoms with Crippen LogP contribution < -0.4 is 0 Å². The summed E-state index contributed by atoms with van der Waals surface area (Å²) in [5.41, 5.74) is 0.979. The summed E-state index contributed by atoms with van der Waals surface area (Å²) in [7, 11) is 0. The minimum absolute atomic E-state index is 0.112. The van der Waals surface area contributed by atoms with E-state index in [1.165, 1.54) is 12.1 Å². The van der Waals surface area contributed by atoms with Gasteiger partial charge in [0.05, 0.1) is 4.83 Å². The standard InChI is InChI=1S/C14H17BrFNO/c1-2-13(15)14(18)17(12-7-8-12)9-10-3-5-11(16)6-4-10/h3-6,12-13H,2,7-9H2,1H3. The van der Waals surface area contributed by atoms with E-state index in [-0.39, 0.29) is 16.6 Å². The normalized spacial score (nSPS) is 16.4. The summed E-state index contributed by atoms with van der Waals surface area (Å²) in [6.07, 6.45) is 2.94. The van der Waals surface area contributed by atoms with Crippen molar-refractivity contribution in [2.24, 2.45) is 0 Å². The molecule has 4 heteroatoms. The van der Waals surface area contributed by atoms with Gasteiger partial charge in [0.25, 0.3) is 0 Å². The smallest absolute Gasteiger partial charge is 0.236 e. The van der Waals surface area contributed by atoms with Crippen LogP contribution >= 0.6 is 15.9 Å². The maximum absolute atomic E-state index is 12.8. The lowest BCUT2D eigenvalue weighted by Crippen LogP contribution is -2.37. The number of carbonyl (C=O) groups is 1. The fourth-order valence-electron chi connectivity index (χ4n) is 1.91. The van der Waals surface area contributed by atoms with Crippen molar-refractivity contribution in [1.29, 1.82) is 0 Å². The molecule has 1 fully saturated rings. The first-order valence-electron chi connectivity index (χ1n) is 6.30. The first-order chi connectivity index (χ1) is 8.61. The molecular weight excluding hydrogens is 297 g/mol. The highest BCUT2D eigenvalue weighted by Crippen LogP contribution is 2.30. The lowest BCUT2D eigenvalue weighted by molar-refractivity contribution is -0.131. The maximum Gasteiger partial charge on any atom is 0.236 e. The number of alkyl halides is 1. The van der Waals surface area contributed by atoms with Crippen LogP contribution in [-0.4, -0.2) is 21.7 Å². The van der Waals surface area contributed by atoms with E-state index in [0.717, 1.165) is 24.8 Å². The van der Waals surface area contributed by atoms with Crippen molar-refractivity contribution in [2.75, 3.05) is 0 Å². The molecule has 0 bridgehead atoms. The summed E-state index contributed by atoms with van der Waals surface area (Å²) in [4.78, 5) is 14.0. The van der Waals surface area contributed by atoms with E-state index in [2.05, 4.69) is 15.9 Å². The fourth-order valence-corrected chi connectivity index (χ4v) is 2.18. The number of halogens is 2. The predicted octanol–water partition coefficient (Wildman–Crippen LogP) is 3.49. The Morgan fingerprint density at radius 3 is 2.56 bits per heavy atom. The van der Waals surface area contributed by atoms with Crippen molar-refractivity contribution in [3.8, 4) is 0 Å². The molecule has 98 valence electrons. The summed E-state index contributed by atoms with van der Waals surface area (Å²) in [6.45, 7) is 2.56. The van der Waals surface area contributed by atoms with Gasteiger partial charge in [-0.3, -0.25) is 4.79 Å². The number of nitrogens with zero attached hydrogens (tertiary/aromatic N) is 1. The molecule has 1 aromatic carbocycles. The Bertz CT molecular complexity index is 416. The Kier molecular flexibility index (Phi) is 4.38. The SMILES string of the molecule is CCC(Br)C(=O)N(Cc1ccc(F)cc1)C1CC1.